The first kappa shape index (κ1) is 23.8. The normalized spacial score (nSPS) is 15.5. The number of nitrogens with one attached hydrogen (secondary N) is 1. The summed E-state index contributed by atoms with van der Waals surface area (Å²) < 4.78 is 52.7. The van der Waals surface area contributed by atoms with Crippen molar-refractivity contribution < 1.29 is 36.6 Å². The van der Waals surface area contributed by atoms with Gasteiger partial charge in [0.25, 0.3) is 5.91 Å². The zero-order chi connectivity index (χ0) is 25.1. The first-order valence-corrected chi connectivity index (χ1v) is 11.3. The Kier molecular flexibility index (Phi) is 6.83. The van der Waals surface area contributed by atoms with Crippen LogP contribution in [0.15, 0.2) is 57.6 Å². The number of furan rings is 1. The minimum Gasteiger partial charge on any atom is -0.484 e. The van der Waals surface area contributed by atoms with E-state index in [1.54, 1.807) is 6.26 Å². The number of rotatable bonds is 9. The molecule has 2 aromatic carbocycles. The second-order valence-electron chi connectivity index (χ2n) is 8.08. The first-order valence-electron chi connectivity index (χ1n) is 11.3. The van der Waals surface area contributed by atoms with Crippen molar-refractivity contribution in [2.45, 2.75) is 32.2 Å². The molecule has 3 heterocycles. The van der Waals surface area contributed by atoms with Crippen LogP contribution in [0.5, 0.6) is 11.5 Å². The van der Waals surface area contributed by atoms with Gasteiger partial charge in [-0.25, -0.2) is 4.98 Å². The van der Waals surface area contributed by atoms with Gasteiger partial charge in [-0.15, -0.1) is 0 Å². The van der Waals surface area contributed by atoms with E-state index in [1.165, 1.54) is 18.2 Å². The fourth-order valence-corrected chi connectivity index (χ4v) is 3.93. The summed E-state index contributed by atoms with van der Waals surface area (Å²) in [4.78, 5) is 17.2. The van der Waals surface area contributed by atoms with Crippen LogP contribution in [0.1, 0.15) is 28.2 Å². The molecule has 4 aromatic rings. The maximum absolute atomic E-state index is 12.9. The molecule has 1 aliphatic rings. The molecule has 1 atom stereocenters. The Morgan fingerprint density at radius 2 is 2.08 bits per heavy atom. The summed E-state index contributed by atoms with van der Waals surface area (Å²) in [5.41, 5.74) is 7.75. The number of benzene rings is 2. The Labute approximate surface area is 204 Å². The Balaban J connectivity index is 1.37. The number of carbonyl (C=O) groups is 1. The maximum atomic E-state index is 12.9. The molecule has 1 saturated heterocycles. The van der Waals surface area contributed by atoms with Crippen molar-refractivity contribution in [3.05, 3.63) is 65.7 Å². The number of alkyl halides is 2. The Morgan fingerprint density at radius 1 is 1.22 bits per heavy atom. The molecule has 188 valence electrons. The maximum Gasteiger partial charge on any atom is 0.387 e. The van der Waals surface area contributed by atoms with Crippen molar-refractivity contribution >= 4 is 16.9 Å². The van der Waals surface area contributed by atoms with Gasteiger partial charge in [0.15, 0.2) is 23.0 Å². The lowest BCUT2D eigenvalue weighted by Gasteiger charge is -2.16. The van der Waals surface area contributed by atoms with E-state index >= 15 is 0 Å². The number of halogens is 2. The van der Waals surface area contributed by atoms with E-state index in [2.05, 4.69) is 15.0 Å². The smallest absolute Gasteiger partial charge is 0.387 e. The van der Waals surface area contributed by atoms with Crippen molar-refractivity contribution in [3.8, 4) is 23.0 Å². The van der Waals surface area contributed by atoms with E-state index < -0.39 is 12.5 Å². The lowest BCUT2D eigenvalue weighted by atomic mass is 10.2. The number of hydrogen-bond donors (Lipinski definition) is 2. The third-order valence-corrected chi connectivity index (χ3v) is 5.69. The fraction of sp³-hybridized carbons (Fsp3) is 0.280. The zero-order valence-corrected chi connectivity index (χ0v) is 19.0. The van der Waals surface area contributed by atoms with E-state index in [0.717, 1.165) is 16.5 Å². The van der Waals surface area contributed by atoms with Crippen molar-refractivity contribution in [1.82, 2.24) is 10.3 Å². The van der Waals surface area contributed by atoms with E-state index in [4.69, 9.17) is 24.0 Å². The predicted octanol–water partition coefficient (Wildman–Crippen LogP) is 4.25. The van der Waals surface area contributed by atoms with Gasteiger partial charge in [0.2, 0.25) is 5.89 Å². The van der Waals surface area contributed by atoms with Gasteiger partial charge in [-0.2, -0.15) is 8.78 Å². The van der Waals surface area contributed by atoms with E-state index in [9.17, 15) is 13.6 Å². The summed E-state index contributed by atoms with van der Waals surface area (Å²) in [5.74, 6) is -0.247. The quantitative estimate of drug-likeness (QED) is 0.351. The molecule has 2 aromatic heterocycles. The molecular weight excluding hydrogens is 476 g/mol. The number of amides is 1. The lowest BCUT2D eigenvalue weighted by molar-refractivity contribution is -0.0520. The van der Waals surface area contributed by atoms with Crippen LogP contribution < -0.4 is 20.5 Å². The number of nitrogens with two attached hydrogens (primary N) is 1. The minimum absolute atomic E-state index is 0.0277. The monoisotopic (exact) mass is 499 g/mol. The third-order valence-electron chi connectivity index (χ3n) is 5.69. The highest BCUT2D eigenvalue weighted by Crippen LogP contribution is 2.35. The van der Waals surface area contributed by atoms with Crippen LogP contribution >= 0.6 is 0 Å². The summed E-state index contributed by atoms with van der Waals surface area (Å²) in [6.45, 7) is -2.03. The van der Waals surface area contributed by atoms with Crippen LogP contribution in [0.3, 0.4) is 0 Å². The summed E-state index contributed by atoms with van der Waals surface area (Å²) in [6.07, 6.45) is 1.90. The average Bonchev–Trinajstić information content (AvgIpc) is 3.63. The van der Waals surface area contributed by atoms with Gasteiger partial charge >= 0.3 is 6.61 Å². The highest BCUT2D eigenvalue weighted by Gasteiger charge is 2.24. The molecule has 0 spiro atoms. The van der Waals surface area contributed by atoms with E-state index in [1.807, 2.05) is 24.3 Å². The Hall–Kier alpha value is -3.96. The van der Waals surface area contributed by atoms with Crippen molar-refractivity contribution in [1.29, 1.82) is 0 Å². The molecule has 0 saturated carbocycles. The highest BCUT2D eigenvalue weighted by molar-refractivity contribution is 5.94. The van der Waals surface area contributed by atoms with Crippen LogP contribution in [-0.4, -0.2) is 36.8 Å². The van der Waals surface area contributed by atoms with Crippen molar-refractivity contribution in [2.24, 2.45) is 5.73 Å². The van der Waals surface area contributed by atoms with Gasteiger partial charge in [0.05, 0.1) is 26.0 Å². The molecular formula is C25H23F2N3O6. The van der Waals surface area contributed by atoms with Crippen molar-refractivity contribution in [3.63, 3.8) is 0 Å². The molecule has 1 amide bonds. The minimum atomic E-state index is -3.02. The number of ether oxygens (including phenoxy) is 3. The molecule has 5 rings (SSSR count). The Morgan fingerprint density at radius 3 is 2.86 bits per heavy atom. The van der Waals surface area contributed by atoms with Gasteiger partial charge in [-0.1, -0.05) is 18.2 Å². The molecule has 11 heteroatoms. The molecule has 9 nitrogen and oxygen atoms in total. The van der Waals surface area contributed by atoms with Gasteiger partial charge < -0.3 is 34.1 Å². The average molecular weight is 499 g/mol. The zero-order valence-electron chi connectivity index (χ0n) is 19.0. The van der Waals surface area contributed by atoms with Gasteiger partial charge in [-0.05, 0) is 24.3 Å². The molecule has 1 aliphatic heterocycles. The topological polar surface area (TPSA) is 122 Å². The first-order chi connectivity index (χ1) is 17.5. The standard InChI is InChI=1S/C25H23F2N3O6/c26-25(27)36-19-6-5-14(9-20(19)34-16-7-8-32-13-16)24-30-22(21(10-28)35-24)23(31)29-11-15-12-33-18-4-2-1-3-17(15)18/h1-6,9,12,16,25H,7-8,10-11,13,28H2,(H,29,31). The van der Waals surface area contributed by atoms with Crippen LogP contribution in [0.2, 0.25) is 0 Å². The second kappa shape index (κ2) is 10.3. The lowest BCUT2D eigenvalue weighted by Crippen LogP contribution is -2.24. The second-order valence-corrected chi connectivity index (χ2v) is 8.08. The van der Waals surface area contributed by atoms with Crippen LogP contribution in [0.25, 0.3) is 22.4 Å². The van der Waals surface area contributed by atoms with Crippen LogP contribution in [0.4, 0.5) is 8.78 Å². The van der Waals surface area contributed by atoms with Crippen molar-refractivity contribution in [2.75, 3.05) is 13.2 Å². The molecule has 0 radical (unpaired) electrons. The number of fused-ring (bicyclic) bond motifs is 1. The molecule has 1 fully saturated rings. The largest absolute Gasteiger partial charge is 0.484 e. The van der Waals surface area contributed by atoms with Gasteiger partial charge in [0, 0.05) is 29.5 Å². The van der Waals surface area contributed by atoms with E-state index in [0.29, 0.717) is 25.2 Å². The number of hydrogen-bond acceptors (Lipinski definition) is 8. The molecule has 36 heavy (non-hydrogen) atoms. The third kappa shape index (κ3) is 5.02. The molecule has 1 unspecified atom stereocenters. The highest BCUT2D eigenvalue weighted by atomic mass is 19.3. The number of aromatic nitrogens is 1. The molecule has 0 aliphatic carbocycles. The van der Waals surface area contributed by atoms with Crippen LogP contribution in [-0.2, 0) is 17.8 Å². The summed E-state index contributed by atoms with van der Waals surface area (Å²) in [6, 6.07) is 11.8. The molecule has 0 bridgehead atoms. The molecule has 3 N–H and O–H groups in total. The number of nitrogens with zero attached hydrogens (tertiary/aromatic N) is 1. The van der Waals surface area contributed by atoms with Gasteiger partial charge in [0.1, 0.15) is 11.7 Å². The fourth-order valence-electron chi connectivity index (χ4n) is 3.93. The number of para-hydroxylation sites is 1. The van der Waals surface area contributed by atoms with E-state index in [-0.39, 0.29) is 48.0 Å². The summed E-state index contributed by atoms with van der Waals surface area (Å²) in [7, 11) is 0. The summed E-state index contributed by atoms with van der Waals surface area (Å²) >= 11 is 0. The van der Waals surface area contributed by atoms with Gasteiger partial charge in [-0.3, -0.25) is 4.79 Å². The SMILES string of the molecule is NCc1oc(-c2ccc(OC(F)F)c(OC3CCOC3)c2)nc1C(=O)NCc1coc2ccccc12. The summed E-state index contributed by atoms with van der Waals surface area (Å²) in [5, 5.41) is 3.70. The number of carbonyl (C=O) groups excluding carboxylic acids is 1. The number of oxazole rings is 1. The van der Waals surface area contributed by atoms with Crippen LogP contribution in [0, 0.1) is 0 Å². The predicted molar refractivity (Wildman–Crippen MR) is 124 cm³/mol. The Bertz CT molecular complexity index is 1360.